The minimum atomic E-state index is -1.77. The van der Waals surface area contributed by atoms with Crippen molar-refractivity contribution in [3.05, 3.63) is 231 Å². The quantitative estimate of drug-likeness (QED) is 0.0613. The minimum absolute atomic E-state index is 0.0465. The Balaban J connectivity index is 0.000000199. The third-order valence-electron chi connectivity index (χ3n) is 19.6. The molecule has 2 heterocycles. The van der Waals surface area contributed by atoms with E-state index in [9.17, 15) is 0 Å². The van der Waals surface area contributed by atoms with Crippen LogP contribution < -0.4 is 29.1 Å². The van der Waals surface area contributed by atoms with Gasteiger partial charge in [-0.1, -0.05) is 141 Å². The molecule has 12 rings (SSSR count). The summed E-state index contributed by atoms with van der Waals surface area (Å²) in [4.78, 5) is 9.62. The van der Waals surface area contributed by atoms with Crippen molar-refractivity contribution in [1.82, 2.24) is 0 Å². The Kier molecular flexibility index (Phi) is 39.4. The number of ether oxygens (including phenoxy) is 2. The van der Waals surface area contributed by atoms with Crippen LogP contribution in [0.25, 0.3) is 6.08 Å². The van der Waals surface area contributed by atoms with Crippen molar-refractivity contribution in [2.45, 2.75) is 257 Å². The summed E-state index contributed by atoms with van der Waals surface area (Å²) in [6.45, 7) is 51.1. The molecular formula is C91H128Cl4N4O2PRu2-. The third-order valence-corrected chi connectivity index (χ3v) is 27.9. The van der Waals surface area contributed by atoms with Crippen LogP contribution in [0.15, 0.2) is 134 Å². The fraction of sp³-hybridized carbons (Fsp3) is 0.473. The first-order chi connectivity index (χ1) is 49.7. The number of rotatable bonds is 14. The van der Waals surface area contributed by atoms with E-state index in [1.54, 1.807) is 102 Å². The first kappa shape index (κ1) is 88.6. The van der Waals surface area contributed by atoms with Crippen molar-refractivity contribution in [3.8, 4) is 11.5 Å². The molecule has 0 amide bonds. The van der Waals surface area contributed by atoms with Gasteiger partial charge in [-0.25, -0.2) is 0 Å². The SMILES string of the molecule is C1CCC([PH+](C2CCCCC2)C2CCCCC2)CC1.C=Cc1ccccc1OC(C)C.CC(C)Oc1ccccc1[CH]=[Ru]([Cl])[Cl].CCC.Cc1cc(C)c(N2[CH-]N(c3c(C)cc(C)cc3C)CC2)c(C)c1.Cc1cc(C)c(N2[CH-]N(c3c(C)cc(C)cc3C)CC2)c(C)c1.[Cl][Ru]([Cl])=[CH]c1ccccc1. The van der Waals surface area contributed by atoms with Gasteiger partial charge in [-0.2, -0.15) is 13.3 Å². The van der Waals surface area contributed by atoms with E-state index < -0.39 is 27.0 Å². The number of para-hydroxylation sites is 2. The predicted octanol–water partition coefficient (Wildman–Crippen LogP) is 27.0. The molecule has 5 fully saturated rings. The second kappa shape index (κ2) is 46.2. The van der Waals surface area contributed by atoms with Gasteiger partial charge in [0.15, 0.2) is 0 Å². The van der Waals surface area contributed by atoms with Crippen molar-refractivity contribution < 1.29 is 36.5 Å². The molecule has 5 aliphatic rings. The Bertz CT molecular complexity index is 3420. The summed E-state index contributed by atoms with van der Waals surface area (Å²) in [5.41, 5.74) is 28.5. The second-order valence-corrected chi connectivity index (χ2v) is 44.7. The van der Waals surface area contributed by atoms with E-state index >= 15 is 0 Å². The molecule has 2 aliphatic heterocycles. The topological polar surface area (TPSA) is 31.4 Å². The molecule has 13 heteroatoms. The van der Waals surface area contributed by atoms with Crippen molar-refractivity contribution in [2.75, 3.05) is 45.8 Å². The number of benzene rings is 7. The maximum absolute atomic E-state index is 5.82. The molecule has 7 aromatic rings. The molecular weight excluding hydrogens is 1560 g/mol. The summed E-state index contributed by atoms with van der Waals surface area (Å²) in [6, 6.07) is 43.8. The van der Waals surface area contributed by atoms with E-state index in [2.05, 4.69) is 185 Å². The Morgan fingerprint density at radius 2 is 0.663 bits per heavy atom. The number of aryl methyl sites for hydroxylation is 12. The Morgan fingerprint density at radius 3 is 0.933 bits per heavy atom. The normalized spacial score (nSPS) is 15.7. The van der Waals surface area contributed by atoms with Crippen LogP contribution in [0.3, 0.4) is 0 Å². The molecule has 104 heavy (non-hydrogen) atoms. The molecule has 2 saturated heterocycles. The zero-order valence-electron chi connectivity index (χ0n) is 66.6. The molecule has 3 saturated carbocycles. The van der Waals surface area contributed by atoms with Gasteiger partial charge in [0.25, 0.3) is 0 Å². The fourth-order valence-electron chi connectivity index (χ4n) is 16.1. The monoisotopic (exact) mass is 1680 g/mol. The molecule has 0 N–H and O–H groups in total. The van der Waals surface area contributed by atoms with Crippen molar-refractivity contribution in [2.24, 2.45) is 0 Å². The maximum atomic E-state index is 5.82. The van der Waals surface area contributed by atoms with Crippen LogP contribution in [0, 0.1) is 96.4 Å². The number of hydrogen-bond donors (Lipinski definition) is 0. The Hall–Kier alpha value is -4.34. The van der Waals surface area contributed by atoms with Gasteiger partial charge < -0.3 is 24.3 Å². The number of anilines is 4. The second-order valence-electron chi connectivity index (χ2n) is 29.8. The van der Waals surface area contributed by atoms with Gasteiger partial charge in [-0.15, -0.1) is 0 Å². The van der Waals surface area contributed by atoms with Crippen LogP contribution in [0.5, 0.6) is 11.5 Å². The molecule has 0 unspecified atom stereocenters. The van der Waals surface area contributed by atoms with Gasteiger partial charge >= 0.3 is 171 Å². The van der Waals surface area contributed by atoms with Crippen molar-refractivity contribution in [3.63, 3.8) is 0 Å². The summed E-state index contributed by atoms with van der Waals surface area (Å²) < 4.78 is 15.0. The van der Waals surface area contributed by atoms with E-state index in [1.807, 2.05) is 116 Å². The molecule has 0 atom stereocenters. The first-order valence-electron chi connectivity index (χ1n) is 38.5. The van der Waals surface area contributed by atoms with Gasteiger partial charge in [0.2, 0.25) is 0 Å². The van der Waals surface area contributed by atoms with Crippen LogP contribution in [0.2, 0.25) is 0 Å². The molecule has 6 nitrogen and oxygen atoms in total. The molecule has 0 aromatic heterocycles. The molecule has 0 bridgehead atoms. The predicted molar refractivity (Wildman–Crippen MR) is 460 cm³/mol. The van der Waals surface area contributed by atoms with E-state index in [0.717, 1.165) is 54.4 Å². The van der Waals surface area contributed by atoms with Crippen LogP contribution in [-0.4, -0.2) is 64.6 Å². The molecule has 7 aromatic carbocycles. The molecule has 0 spiro atoms. The van der Waals surface area contributed by atoms with Crippen LogP contribution in [-0.2, 0) is 27.0 Å². The summed E-state index contributed by atoms with van der Waals surface area (Å²) >= 11 is -3.39. The number of nitrogens with zero attached hydrogens (tertiary/aromatic N) is 4. The first-order valence-corrected chi connectivity index (χ1v) is 51.2. The van der Waals surface area contributed by atoms with Crippen LogP contribution >= 0.6 is 46.7 Å². The Labute approximate surface area is 660 Å². The summed E-state index contributed by atoms with van der Waals surface area (Å²) in [7, 11) is 22.9. The zero-order valence-corrected chi connectivity index (χ0v) is 74.1. The van der Waals surface area contributed by atoms with Crippen LogP contribution in [0.4, 0.5) is 22.7 Å². The molecule has 574 valence electrons. The fourth-order valence-corrected chi connectivity index (χ4v) is 25.0. The van der Waals surface area contributed by atoms with E-state index in [0.29, 0.717) is 0 Å². The van der Waals surface area contributed by atoms with Crippen molar-refractivity contribution in [1.29, 1.82) is 0 Å². The third kappa shape index (κ3) is 28.9. The van der Waals surface area contributed by atoms with Crippen LogP contribution in [0.1, 0.15) is 228 Å². The van der Waals surface area contributed by atoms with Gasteiger partial charge in [-0.3, -0.25) is 0 Å². The van der Waals surface area contributed by atoms with Gasteiger partial charge in [-0.05, 0) is 225 Å². The number of hydrogen-bond acceptors (Lipinski definition) is 6. The summed E-state index contributed by atoms with van der Waals surface area (Å²) in [6.07, 6.45) is 27.2. The standard InChI is InChI=1S/2C21H27N2.C18H33P.C11H14O.C10H12O.C7H6.C3H8.4ClH.2Ru/c2*1-14-9-16(3)20(17(4)10-14)22-7-8-23(13-22)21-18(5)11-15(2)12-19(21)6;1-4-10-16(11-5-1)19(17-12-6-2-7-13-17)18-14-8-3-9-15-18;1-4-10-7-5-6-8-11(10)12-9(2)3;1-8(2)11-10-7-5-4-6-9(10)3;1-7-5-3-2-4-6-7;1-3-2;;;;;;/h2*9-13H,7-8H2,1-6H3;16-18H,1-15H2;4-9H,1H2,2-3H3;3-8H,1-2H3;1-6H;3H2,1-2H3;4*1H;;/q2*-1;;;;;;;;;;2*+2/p-3. The summed E-state index contributed by atoms with van der Waals surface area (Å²) in [5, 5.41) is 0. The Morgan fingerprint density at radius 1 is 0.404 bits per heavy atom. The van der Waals surface area contributed by atoms with Gasteiger partial charge in [0, 0.05) is 62.4 Å². The van der Waals surface area contributed by atoms with Gasteiger partial charge in [0.05, 0.1) is 23.1 Å². The summed E-state index contributed by atoms with van der Waals surface area (Å²) in [5.74, 6) is 1.75. The average molecular weight is 1680 g/mol. The molecule has 3 aliphatic carbocycles. The van der Waals surface area contributed by atoms with Crippen molar-refractivity contribution >= 4 is 84.7 Å². The molecule has 0 radical (unpaired) electrons. The zero-order chi connectivity index (χ0) is 76.0. The van der Waals surface area contributed by atoms with E-state index in [4.69, 9.17) is 48.2 Å². The van der Waals surface area contributed by atoms with E-state index in [1.165, 1.54) is 113 Å². The van der Waals surface area contributed by atoms with Gasteiger partial charge in [0.1, 0.15) is 5.75 Å². The number of halogens is 4. The van der Waals surface area contributed by atoms with E-state index in [-0.39, 0.29) is 20.1 Å². The average Bonchev–Trinajstić information content (AvgIpc) is 1.63.